The zero-order valence-corrected chi connectivity index (χ0v) is 15.6. The van der Waals surface area contributed by atoms with Gasteiger partial charge in [0.1, 0.15) is 0 Å². The second-order valence-corrected chi connectivity index (χ2v) is 8.34. The fourth-order valence-corrected chi connectivity index (χ4v) is 4.48. The Morgan fingerprint density at radius 2 is 1.88 bits per heavy atom. The van der Waals surface area contributed by atoms with Crippen LogP contribution in [-0.2, 0) is 21.2 Å². The summed E-state index contributed by atoms with van der Waals surface area (Å²) in [7, 11) is -3.68. The third-order valence-electron chi connectivity index (χ3n) is 4.55. The minimum atomic E-state index is -3.68. The van der Waals surface area contributed by atoms with E-state index in [0.29, 0.717) is 12.1 Å². The van der Waals surface area contributed by atoms with E-state index in [0.717, 1.165) is 22.4 Å². The summed E-state index contributed by atoms with van der Waals surface area (Å²) in [6.45, 7) is 7.28. The summed E-state index contributed by atoms with van der Waals surface area (Å²) in [5.74, 6) is -0.0321. The van der Waals surface area contributed by atoms with Gasteiger partial charge in [-0.05, 0) is 68.1 Å². The SMILES string of the molecule is CC(=O)N1c2ccc(S(=O)(=O)Nc3cc(C)ccc3C)cc2C[C@@H]1C. The van der Waals surface area contributed by atoms with E-state index in [9.17, 15) is 13.2 Å². The maximum Gasteiger partial charge on any atom is 0.261 e. The molecule has 0 aromatic heterocycles. The first-order valence-corrected chi connectivity index (χ1v) is 9.70. The normalized spacial score (nSPS) is 16.6. The lowest BCUT2D eigenvalue weighted by atomic mass is 10.1. The third kappa shape index (κ3) is 3.26. The largest absolute Gasteiger partial charge is 0.309 e. The highest BCUT2D eigenvalue weighted by Crippen LogP contribution is 2.34. The molecule has 1 amide bonds. The van der Waals surface area contributed by atoms with Crippen LogP contribution in [0, 0.1) is 13.8 Å². The van der Waals surface area contributed by atoms with Gasteiger partial charge in [-0.3, -0.25) is 9.52 Å². The summed E-state index contributed by atoms with van der Waals surface area (Å²) in [6, 6.07) is 10.6. The Kier molecular flexibility index (Phi) is 4.33. The van der Waals surface area contributed by atoms with E-state index in [4.69, 9.17) is 0 Å². The second-order valence-electron chi connectivity index (χ2n) is 6.66. The molecule has 0 radical (unpaired) electrons. The maximum atomic E-state index is 12.8. The zero-order valence-electron chi connectivity index (χ0n) is 14.8. The van der Waals surface area contributed by atoms with Crippen LogP contribution in [0.3, 0.4) is 0 Å². The van der Waals surface area contributed by atoms with Crippen LogP contribution >= 0.6 is 0 Å². The lowest BCUT2D eigenvalue weighted by Crippen LogP contribution is -2.33. The van der Waals surface area contributed by atoms with Crippen LogP contribution < -0.4 is 9.62 Å². The van der Waals surface area contributed by atoms with Gasteiger partial charge in [-0.2, -0.15) is 0 Å². The fraction of sp³-hybridized carbons (Fsp3) is 0.316. The molecule has 132 valence electrons. The maximum absolute atomic E-state index is 12.8. The third-order valence-corrected chi connectivity index (χ3v) is 5.92. The van der Waals surface area contributed by atoms with Crippen molar-refractivity contribution in [2.45, 2.75) is 45.1 Å². The lowest BCUT2D eigenvalue weighted by molar-refractivity contribution is -0.116. The highest BCUT2D eigenvalue weighted by Gasteiger charge is 2.30. The van der Waals surface area contributed by atoms with Crippen molar-refractivity contribution >= 4 is 27.3 Å². The van der Waals surface area contributed by atoms with Crippen molar-refractivity contribution in [2.24, 2.45) is 0 Å². The molecule has 0 saturated heterocycles. The summed E-state index contributed by atoms with van der Waals surface area (Å²) >= 11 is 0. The van der Waals surface area contributed by atoms with Crippen molar-refractivity contribution in [1.82, 2.24) is 0 Å². The van der Waals surface area contributed by atoms with Gasteiger partial charge in [0.15, 0.2) is 0 Å². The Hall–Kier alpha value is -2.34. The zero-order chi connectivity index (χ0) is 18.4. The fourth-order valence-electron chi connectivity index (χ4n) is 3.30. The summed E-state index contributed by atoms with van der Waals surface area (Å²) in [5.41, 5.74) is 4.12. The molecule has 1 aliphatic heterocycles. The number of fused-ring (bicyclic) bond motifs is 1. The van der Waals surface area contributed by atoms with Crippen LogP contribution in [0.5, 0.6) is 0 Å². The number of amides is 1. The number of hydrogen-bond acceptors (Lipinski definition) is 3. The van der Waals surface area contributed by atoms with Gasteiger partial charge in [-0.1, -0.05) is 12.1 Å². The first-order valence-electron chi connectivity index (χ1n) is 8.22. The number of sulfonamides is 1. The van der Waals surface area contributed by atoms with Crippen LogP contribution in [0.15, 0.2) is 41.3 Å². The van der Waals surface area contributed by atoms with Crippen molar-refractivity contribution in [3.8, 4) is 0 Å². The smallest absolute Gasteiger partial charge is 0.261 e. The van der Waals surface area contributed by atoms with Gasteiger partial charge >= 0.3 is 0 Å². The molecule has 0 aliphatic carbocycles. The minimum absolute atomic E-state index is 0.0321. The van der Waals surface area contributed by atoms with Gasteiger partial charge in [0.25, 0.3) is 10.0 Å². The predicted octanol–water partition coefficient (Wildman–Crippen LogP) is 3.40. The molecule has 6 heteroatoms. The molecule has 1 atom stereocenters. The first-order chi connectivity index (χ1) is 11.7. The molecule has 3 rings (SSSR count). The van der Waals surface area contributed by atoms with Gasteiger partial charge in [0.05, 0.1) is 10.6 Å². The van der Waals surface area contributed by atoms with Crippen LogP contribution in [0.4, 0.5) is 11.4 Å². The molecule has 2 aromatic rings. The monoisotopic (exact) mass is 358 g/mol. The summed E-state index contributed by atoms with van der Waals surface area (Å²) in [5, 5.41) is 0. The van der Waals surface area contributed by atoms with Crippen LogP contribution in [0.25, 0.3) is 0 Å². The van der Waals surface area contributed by atoms with Crippen LogP contribution in [-0.4, -0.2) is 20.4 Å². The summed E-state index contributed by atoms with van der Waals surface area (Å²) in [4.78, 5) is 13.7. The van der Waals surface area contributed by atoms with Gasteiger partial charge < -0.3 is 4.90 Å². The molecule has 2 aromatic carbocycles. The van der Waals surface area contributed by atoms with E-state index in [1.165, 1.54) is 6.92 Å². The average molecular weight is 358 g/mol. The quantitative estimate of drug-likeness (QED) is 0.914. The van der Waals surface area contributed by atoms with E-state index in [-0.39, 0.29) is 16.8 Å². The molecule has 5 nitrogen and oxygen atoms in total. The van der Waals surface area contributed by atoms with E-state index in [1.54, 1.807) is 23.1 Å². The topological polar surface area (TPSA) is 66.5 Å². The van der Waals surface area contributed by atoms with E-state index in [2.05, 4.69) is 4.72 Å². The molecule has 0 spiro atoms. The molecule has 0 unspecified atom stereocenters. The minimum Gasteiger partial charge on any atom is -0.309 e. The molecule has 1 N–H and O–H groups in total. The Balaban J connectivity index is 1.96. The van der Waals surface area contributed by atoms with E-state index < -0.39 is 10.0 Å². The van der Waals surface area contributed by atoms with E-state index in [1.807, 2.05) is 39.0 Å². The van der Waals surface area contributed by atoms with E-state index >= 15 is 0 Å². The second kappa shape index (κ2) is 6.19. The van der Waals surface area contributed by atoms with Crippen molar-refractivity contribution in [1.29, 1.82) is 0 Å². The Labute approximate surface area is 148 Å². The highest BCUT2D eigenvalue weighted by atomic mass is 32.2. The molecular weight excluding hydrogens is 336 g/mol. The summed E-state index contributed by atoms with van der Waals surface area (Å²) in [6.07, 6.45) is 0.655. The number of nitrogens with one attached hydrogen (secondary N) is 1. The number of carbonyl (C=O) groups excluding carboxylic acids is 1. The number of hydrogen-bond donors (Lipinski definition) is 1. The Morgan fingerprint density at radius 1 is 1.16 bits per heavy atom. The molecule has 0 fully saturated rings. The number of benzene rings is 2. The van der Waals surface area contributed by atoms with Crippen molar-refractivity contribution in [3.05, 3.63) is 53.1 Å². The molecule has 25 heavy (non-hydrogen) atoms. The number of anilines is 2. The molecule has 1 aliphatic rings. The molecular formula is C19H22N2O3S. The predicted molar refractivity (Wildman–Crippen MR) is 99.5 cm³/mol. The van der Waals surface area contributed by atoms with Crippen molar-refractivity contribution < 1.29 is 13.2 Å². The number of carbonyl (C=O) groups is 1. The number of nitrogens with zero attached hydrogens (tertiary/aromatic N) is 1. The highest BCUT2D eigenvalue weighted by molar-refractivity contribution is 7.92. The van der Waals surface area contributed by atoms with Crippen molar-refractivity contribution in [3.63, 3.8) is 0 Å². The molecule has 0 saturated carbocycles. The summed E-state index contributed by atoms with van der Waals surface area (Å²) < 4.78 is 28.2. The Bertz CT molecular complexity index is 951. The van der Waals surface area contributed by atoms with Gasteiger partial charge in [-0.15, -0.1) is 0 Å². The number of rotatable bonds is 3. The van der Waals surface area contributed by atoms with Gasteiger partial charge in [-0.25, -0.2) is 8.42 Å². The van der Waals surface area contributed by atoms with Crippen molar-refractivity contribution in [2.75, 3.05) is 9.62 Å². The average Bonchev–Trinajstić information content (AvgIpc) is 2.85. The van der Waals surface area contributed by atoms with Crippen LogP contribution in [0.1, 0.15) is 30.5 Å². The van der Waals surface area contributed by atoms with Gasteiger partial charge in [0, 0.05) is 18.7 Å². The molecule has 0 bridgehead atoms. The first kappa shape index (κ1) is 17.5. The van der Waals surface area contributed by atoms with Gasteiger partial charge in [0.2, 0.25) is 5.91 Å². The van der Waals surface area contributed by atoms with Crippen LogP contribution in [0.2, 0.25) is 0 Å². The standard InChI is InChI=1S/C19H22N2O3S/c1-12-5-6-13(2)18(9-12)20-25(23,24)17-7-8-19-16(11-17)10-14(3)21(19)15(4)22/h5-9,11,14,20H,10H2,1-4H3/t14-/m0/s1. The number of aryl methyl sites for hydroxylation is 2. The Morgan fingerprint density at radius 3 is 2.56 bits per heavy atom. The molecule has 1 heterocycles. The lowest BCUT2D eigenvalue weighted by Gasteiger charge is -2.20.